The van der Waals surface area contributed by atoms with Crippen LogP contribution in [0.15, 0.2) is 54.6 Å². The van der Waals surface area contributed by atoms with Crippen LogP contribution in [-0.4, -0.2) is 41.6 Å². The van der Waals surface area contributed by atoms with Gasteiger partial charge in [0.15, 0.2) is 0 Å². The van der Waals surface area contributed by atoms with Gasteiger partial charge < -0.3 is 9.80 Å². The molecule has 1 atom stereocenters. The number of hydrogen-bond acceptors (Lipinski definition) is 3. The van der Waals surface area contributed by atoms with E-state index in [0.29, 0.717) is 13.0 Å². The predicted octanol–water partition coefficient (Wildman–Crippen LogP) is 2.76. The average molecular weight is 364 g/mol. The molecule has 1 saturated heterocycles. The van der Waals surface area contributed by atoms with Gasteiger partial charge in [0.2, 0.25) is 11.7 Å². The van der Waals surface area contributed by atoms with Gasteiger partial charge in [0, 0.05) is 18.7 Å². The molecule has 5 nitrogen and oxygen atoms in total. The number of nitrogens with zero attached hydrogens (tertiary/aromatic N) is 2. The van der Waals surface area contributed by atoms with Gasteiger partial charge in [-0.25, -0.2) is 0 Å². The van der Waals surface area contributed by atoms with Crippen LogP contribution >= 0.6 is 0 Å². The lowest BCUT2D eigenvalue weighted by atomic mass is 10.0. The summed E-state index contributed by atoms with van der Waals surface area (Å²) in [7, 11) is 0. The molecule has 1 unspecified atom stereocenters. The van der Waals surface area contributed by atoms with Gasteiger partial charge in [0.05, 0.1) is 6.04 Å². The summed E-state index contributed by atoms with van der Waals surface area (Å²) in [4.78, 5) is 40.4. The maximum atomic E-state index is 12.7. The van der Waals surface area contributed by atoms with Crippen molar-refractivity contribution in [3.63, 3.8) is 0 Å². The first-order valence-corrected chi connectivity index (χ1v) is 9.24. The van der Waals surface area contributed by atoms with Crippen LogP contribution < -0.4 is 4.90 Å². The van der Waals surface area contributed by atoms with Gasteiger partial charge in [-0.1, -0.05) is 55.0 Å². The van der Waals surface area contributed by atoms with E-state index in [1.165, 1.54) is 4.90 Å². The van der Waals surface area contributed by atoms with Crippen molar-refractivity contribution in [2.24, 2.45) is 0 Å². The number of Topliss-reactive ketones (excluding diaryl/α,β-unsaturated/α-hetero) is 1. The zero-order valence-electron chi connectivity index (χ0n) is 15.7. The second-order valence-electron chi connectivity index (χ2n) is 6.89. The van der Waals surface area contributed by atoms with Crippen LogP contribution in [0, 0.1) is 6.92 Å². The number of piperazine rings is 1. The second kappa shape index (κ2) is 8.16. The van der Waals surface area contributed by atoms with Crippen molar-refractivity contribution in [3.05, 3.63) is 65.7 Å². The molecular weight excluding hydrogens is 340 g/mol. The molecule has 1 heterocycles. The number of carbonyl (C=O) groups excluding carboxylic acids is 3. The molecule has 140 valence electrons. The molecule has 0 aliphatic carbocycles. The lowest BCUT2D eigenvalue weighted by Crippen LogP contribution is -2.60. The number of hydrogen-bond donors (Lipinski definition) is 0. The Morgan fingerprint density at radius 2 is 1.70 bits per heavy atom. The molecule has 27 heavy (non-hydrogen) atoms. The van der Waals surface area contributed by atoms with Gasteiger partial charge in [-0.15, -0.1) is 0 Å². The fraction of sp³-hybridized carbons (Fsp3) is 0.318. The average Bonchev–Trinajstić information content (AvgIpc) is 2.69. The van der Waals surface area contributed by atoms with Gasteiger partial charge >= 0.3 is 0 Å². The maximum Gasteiger partial charge on any atom is 0.290 e. The van der Waals surface area contributed by atoms with Gasteiger partial charge in [-0.3, -0.25) is 14.4 Å². The highest BCUT2D eigenvalue weighted by Gasteiger charge is 2.37. The Hall–Kier alpha value is -2.95. The van der Waals surface area contributed by atoms with Crippen molar-refractivity contribution in [3.8, 4) is 0 Å². The second-order valence-corrected chi connectivity index (χ2v) is 6.89. The summed E-state index contributed by atoms with van der Waals surface area (Å²) >= 11 is 0. The molecule has 0 N–H and O–H groups in total. The van der Waals surface area contributed by atoms with E-state index in [4.69, 9.17) is 0 Å². The molecule has 1 aliphatic rings. The third-order valence-corrected chi connectivity index (χ3v) is 4.92. The van der Waals surface area contributed by atoms with Crippen LogP contribution in [0.5, 0.6) is 0 Å². The third kappa shape index (κ3) is 4.25. The molecule has 2 aromatic rings. The largest absolute Gasteiger partial charge is 0.322 e. The summed E-state index contributed by atoms with van der Waals surface area (Å²) in [6, 6.07) is 17.4. The van der Waals surface area contributed by atoms with E-state index in [0.717, 1.165) is 16.8 Å². The highest BCUT2D eigenvalue weighted by molar-refractivity contribution is 6.36. The summed E-state index contributed by atoms with van der Waals surface area (Å²) in [5.74, 6) is -1.18. The summed E-state index contributed by atoms with van der Waals surface area (Å²) in [6.07, 6.45) is 0.739. The number of amides is 2. The first-order valence-electron chi connectivity index (χ1n) is 9.24. The smallest absolute Gasteiger partial charge is 0.290 e. The molecule has 0 bridgehead atoms. The van der Waals surface area contributed by atoms with Crippen molar-refractivity contribution in [1.29, 1.82) is 0 Å². The molecule has 2 aromatic carbocycles. The lowest BCUT2D eigenvalue weighted by Gasteiger charge is -2.41. The fourth-order valence-electron chi connectivity index (χ4n) is 3.36. The Morgan fingerprint density at radius 1 is 1.04 bits per heavy atom. The van der Waals surface area contributed by atoms with Crippen molar-refractivity contribution < 1.29 is 14.4 Å². The molecule has 3 rings (SSSR count). The van der Waals surface area contributed by atoms with Crippen molar-refractivity contribution in [1.82, 2.24) is 4.90 Å². The van der Waals surface area contributed by atoms with E-state index in [1.54, 1.807) is 11.8 Å². The van der Waals surface area contributed by atoms with Gasteiger partial charge in [0.1, 0.15) is 6.54 Å². The quantitative estimate of drug-likeness (QED) is 0.767. The van der Waals surface area contributed by atoms with Crippen LogP contribution in [0.1, 0.15) is 24.5 Å². The highest BCUT2D eigenvalue weighted by Crippen LogP contribution is 2.23. The zero-order chi connectivity index (χ0) is 19.4. The summed E-state index contributed by atoms with van der Waals surface area (Å²) in [5, 5.41) is 0. The topological polar surface area (TPSA) is 57.7 Å². The molecule has 0 radical (unpaired) electrons. The van der Waals surface area contributed by atoms with Gasteiger partial charge in [0.25, 0.3) is 5.91 Å². The molecule has 2 amide bonds. The first-order chi connectivity index (χ1) is 13.0. The summed E-state index contributed by atoms with van der Waals surface area (Å²) < 4.78 is 0. The Balaban J connectivity index is 1.88. The van der Waals surface area contributed by atoms with E-state index in [1.807, 2.05) is 61.5 Å². The number of rotatable bonds is 5. The summed E-state index contributed by atoms with van der Waals surface area (Å²) in [6.45, 7) is 3.96. The van der Waals surface area contributed by atoms with Crippen LogP contribution in [0.3, 0.4) is 0 Å². The molecule has 5 heteroatoms. The van der Waals surface area contributed by atoms with Gasteiger partial charge in [-0.05, 0) is 31.0 Å². The monoisotopic (exact) mass is 364 g/mol. The predicted molar refractivity (Wildman–Crippen MR) is 104 cm³/mol. The van der Waals surface area contributed by atoms with Crippen molar-refractivity contribution in [2.75, 3.05) is 18.0 Å². The number of benzene rings is 2. The van der Waals surface area contributed by atoms with Crippen LogP contribution in [-0.2, 0) is 20.8 Å². The van der Waals surface area contributed by atoms with Crippen LogP contribution in [0.25, 0.3) is 0 Å². The molecule has 0 spiro atoms. The lowest BCUT2D eigenvalue weighted by molar-refractivity contribution is -0.148. The molecular formula is C22H24N2O3. The minimum absolute atomic E-state index is 0.0735. The zero-order valence-corrected chi connectivity index (χ0v) is 15.7. The molecule has 1 fully saturated rings. The third-order valence-electron chi connectivity index (χ3n) is 4.92. The number of carbonyl (C=O) groups is 3. The van der Waals surface area contributed by atoms with E-state index in [2.05, 4.69) is 0 Å². The van der Waals surface area contributed by atoms with Gasteiger partial charge in [-0.2, -0.15) is 0 Å². The van der Waals surface area contributed by atoms with E-state index < -0.39 is 11.7 Å². The van der Waals surface area contributed by atoms with Crippen molar-refractivity contribution in [2.45, 2.75) is 32.7 Å². The SMILES string of the molecule is CCC(=O)C(=O)N1CC(=O)N(c2ccc(C)cc2)CC1Cc1ccccc1. The highest BCUT2D eigenvalue weighted by atomic mass is 16.2. The Bertz CT molecular complexity index is 830. The Kier molecular flexibility index (Phi) is 5.69. The Morgan fingerprint density at radius 3 is 2.33 bits per heavy atom. The van der Waals surface area contributed by atoms with Crippen LogP contribution in [0.4, 0.5) is 5.69 Å². The van der Waals surface area contributed by atoms with E-state index in [9.17, 15) is 14.4 Å². The van der Waals surface area contributed by atoms with E-state index in [-0.39, 0.29) is 24.9 Å². The van der Waals surface area contributed by atoms with E-state index >= 15 is 0 Å². The number of aryl methyl sites for hydroxylation is 1. The molecule has 0 saturated carbocycles. The first kappa shape index (κ1) is 18.8. The minimum Gasteiger partial charge on any atom is -0.322 e. The van der Waals surface area contributed by atoms with Crippen LogP contribution in [0.2, 0.25) is 0 Å². The summed E-state index contributed by atoms with van der Waals surface area (Å²) in [5.41, 5.74) is 3.01. The molecule has 0 aromatic heterocycles. The van der Waals surface area contributed by atoms with Crippen molar-refractivity contribution >= 4 is 23.3 Å². The minimum atomic E-state index is -0.560. The standard InChI is InChI=1S/C22H24N2O3/c1-3-20(25)22(27)24-15-21(26)23(18-11-9-16(2)10-12-18)14-19(24)13-17-7-5-4-6-8-17/h4-12,19H,3,13-15H2,1-2H3. The fourth-order valence-corrected chi connectivity index (χ4v) is 3.36. The maximum absolute atomic E-state index is 12.7. The number of ketones is 1. The number of anilines is 1. The molecule has 1 aliphatic heterocycles. The Labute approximate surface area is 159 Å². The normalized spacial score (nSPS) is 17.1.